The molecule has 1 N–H and O–H groups in total. The fourth-order valence-corrected chi connectivity index (χ4v) is 6.03. The average Bonchev–Trinajstić information content (AvgIpc) is 3.32. The van der Waals surface area contributed by atoms with Gasteiger partial charge in [-0.15, -0.1) is 0 Å². The van der Waals surface area contributed by atoms with Crippen LogP contribution in [-0.4, -0.2) is 61.8 Å². The minimum Gasteiger partial charge on any atom is -0.392 e. The van der Waals surface area contributed by atoms with Crippen LogP contribution in [0.1, 0.15) is 78.2 Å². The Morgan fingerprint density at radius 1 is 1.06 bits per heavy atom. The SMILES string of the molecule is CC1(c2c(C(=O)N3CCC(c4ccccc4CO)C3)cnn2C2CCN(c3ncccn3)CC2)CC1. The van der Waals surface area contributed by atoms with Gasteiger partial charge in [0.2, 0.25) is 5.95 Å². The second-order valence-corrected chi connectivity index (χ2v) is 10.8. The van der Waals surface area contributed by atoms with E-state index in [1.165, 1.54) is 0 Å². The Bertz CT molecular complexity index is 1230. The van der Waals surface area contributed by atoms with Gasteiger partial charge in [0.05, 0.1) is 30.1 Å². The second-order valence-electron chi connectivity index (χ2n) is 10.8. The molecule has 2 aliphatic heterocycles. The van der Waals surface area contributed by atoms with E-state index < -0.39 is 0 Å². The number of likely N-dealkylation sites (tertiary alicyclic amines) is 1. The largest absolute Gasteiger partial charge is 0.392 e. The maximum Gasteiger partial charge on any atom is 0.257 e. The smallest absolute Gasteiger partial charge is 0.257 e. The molecule has 3 aromatic rings. The van der Waals surface area contributed by atoms with E-state index in [0.29, 0.717) is 6.54 Å². The Kier molecular flexibility index (Phi) is 5.99. The van der Waals surface area contributed by atoms with Gasteiger partial charge in [0, 0.05) is 49.9 Å². The molecule has 1 unspecified atom stereocenters. The summed E-state index contributed by atoms with van der Waals surface area (Å²) in [5.41, 5.74) is 4.06. The Morgan fingerprint density at radius 2 is 1.81 bits per heavy atom. The number of hydrogen-bond donors (Lipinski definition) is 1. The average molecular weight is 487 g/mol. The number of carbonyl (C=O) groups is 1. The lowest BCUT2D eigenvalue weighted by atomic mass is 9.94. The van der Waals surface area contributed by atoms with Gasteiger partial charge in [0.25, 0.3) is 5.91 Å². The van der Waals surface area contributed by atoms with Crippen molar-refractivity contribution in [1.29, 1.82) is 0 Å². The summed E-state index contributed by atoms with van der Waals surface area (Å²) in [5.74, 6) is 1.15. The van der Waals surface area contributed by atoms with Crippen molar-refractivity contribution in [3.63, 3.8) is 0 Å². The highest BCUT2D eigenvalue weighted by Gasteiger charge is 2.46. The summed E-state index contributed by atoms with van der Waals surface area (Å²) in [4.78, 5) is 26.8. The maximum atomic E-state index is 13.8. The Hall–Kier alpha value is -3.26. The highest BCUT2D eigenvalue weighted by Crippen LogP contribution is 2.50. The first-order valence-electron chi connectivity index (χ1n) is 13.2. The molecular formula is C28H34N6O2. The number of piperidine rings is 1. The number of aliphatic hydroxyl groups is 1. The molecule has 188 valence electrons. The van der Waals surface area contributed by atoms with Gasteiger partial charge in [-0.3, -0.25) is 9.48 Å². The number of amides is 1. The molecule has 2 aromatic heterocycles. The van der Waals surface area contributed by atoms with Gasteiger partial charge in [-0.05, 0) is 49.3 Å². The van der Waals surface area contributed by atoms with Crippen molar-refractivity contribution in [3.8, 4) is 0 Å². The Labute approximate surface area is 212 Å². The van der Waals surface area contributed by atoms with Crippen LogP contribution in [0.2, 0.25) is 0 Å². The predicted octanol–water partition coefficient (Wildman–Crippen LogP) is 3.69. The number of aliphatic hydroxyl groups excluding tert-OH is 1. The standard InChI is InChI=1S/C28H34N6O2/c1-28(10-11-28)25-24(26(36)33-14-7-20(18-33)23-6-3-2-5-21(23)19-35)17-31-34(25)22-8-15-32(16-9-22)27-29-12-4-13-30-27/h2-6,12-13,17,20,22,35H,7-11,14-16,18-19H2,1H3. The second kappa shape index (κ2) is 9.32. The fraction of sp³-hybridized carbons (Fsp3) is 0.500. The molecule has 4 heterocycles. The topological polar surface area (TPSA) is 87.4 Å². The van der Waals surface area contributed by atoms with Crippen LogP contribution in [0.15, 0.2) is 48.9 Å². The number of aromatic nitrogens is 4. The molecule has 1 atom stereocenters. The van der Waals surface area contributed by atoms with Crippen LogP contribution in [0.3, 0.4) is 0 Å². The highest BCUT2D eigenvalue weighted by molar-refractivity contribution is 5.96. The van der Waals surface area contributed by atoms with Crippen LogP contribution in [-0.2, 0) is 12.0 Å². The number of nitrogens with zero attached hydrogens (tertiary/aromatic N) is 6. The van der Waals surface area contributed by atoms with Crippen LogP contribution in [0.25, 0.3) is 0 Å². The number of anilines is 1. The molecule has 8 heteroatoms. The molecule has 0 bridgehead atoms. The quantitative estimate of drug-likeness (QED) is 0.572. The lowest BCUT2D eigenvalue weighted by Gasteiger charge is -2.33. The van der Waals surface area contributed by atoms with Gasteiger partial charge in [-0.2, -0.15) is 5.10 Å². The molecule has 2 saturated heterocycles. The molecule has 3 fully saturated rings. The molecule has 1 amide bonds. The molecule has 1 saturated carbocycles. The van der Waals surface area contributed by atoms with E-state index in [0.717, 1.165) is 80.1 Å². The van der Waals surface area contributed by atoms with Crippen molar-refractivity contribution in [2.24, 2.45) is 0 Å². The summed E-state index contributed by atoms with van der Waals surface area (Å²) in [6, 6.07) is 10.2. The van der Waals surface area contributed by atoms with Gasteiger partial charge in [-0.1, -0.05) is 31.2 Å². The lowest BCUT2D eigenvalue weighted by Crippen LogP contribution is -2.37. The van der Waals surface area contributed by atoms with Gasteiger partial charge in [0.1, 0.15) is 0 Å². The summed E-state index contributed by atoms with van der Waals surface area (Å²) in [6.45, 7) is 5.49. The molecule has 1 aliphatic carbocycles. The van der Waals surface area contributed by atoms with E-state index in [4.69, 9.17) is 5.10 Å². The van der Waals surface area contributed by atoms with Crippen molar-refractivity contribution >= 4 is 11.9 Å². The molecule has 6 rings (SSSR count). The summed E-state index contributed by atoms with van der Waals surface area (Å²) in [5, 5.41) is 14.6. The molecular weight excluding hydrogens is 452 g/mol. The molecule has 1 aromatic carbocycles. The van der Waals surface area contributed by atoms with E-state index in [2.05, 4.69) is 32.5 Å². The summed E-state index contributed by atoms with van der Waals surface area (Å²) >= 11 is 0. The fourth-order valence-electron chi connectivity index (χ4n) is 6.03. The van der Waals surface area contributed by atoms with E-state index >= 15 is 0 Å². The van der Waals surface area contributed by atoms with Gasteiger partial charge in [0.15, 0.2) is 0 Å². The zero-order chi connectivity index (χ0) is 24.7. The summed E-state index contributed by atoms with van der Waals surface area (Å²) in [6.07, 6.45) is 10.4. The van der Waals surface area contributed by atoms with Crippen LogP contribution < -0.4 is 4.90 Å². The third kappa shape index (κ3) is 4.17. The zero-order valence-corrected chi connectivity index (χ0v) is 20.9. The normalized spacial score (nSPS) is 21.7. The first-order valence-corrected chi connectivity index (χ1v) is 13.2. The van der Waals surface area contributed by atoms with Gasteiger partial charge in [-0.25, -0.2) is 9.97 Å². The number of hydrogen-bond acceptors (Lipinski definition) is 6. The van der Waals surface area contributed by atoms with Crippen LogP contribution in [0, 0.1) is 0 Å². The third-order valence-corrected chi connectivity index (χ3v) is 8.38. The molecule has 36 heavy (non-hydrogen) atoms. The molecule has 0 spiro atoms. The third-order valence-electron chi connectivity index (χ3n) is 8.38. The molecule has 8 nitrogen and oxygen atoms in total. The van der Waals surface area contributed by atoms with E-state index in [1.807, 2.05) is 35.4 Å². The number of carbonyl (C=O) groups excluding carboxylic acids is 1. The predicted molar refractivity (Wildman–Crippen MR) is 137 cm³/mol. The highest BCUT2D eigenvalue weighted by atomic mass is 16.3. The first-order chi connectivity index (χ1) is 17.6. The van der Waals surface area contributed by atoms with E-state index in [1.54, 1.807) is 12.4 Å². The monoisotopic (exact) mass is 486 g/mol. The van der Waals surface area contributed by atoms with Crippen LogP contribution in [0.4, 0.5) is 5.95 Å². The minimum atomic E-state index is 0.0315. The summed E-state index contributed by atoms with van der Waals surface area (Å²) in [7, 11) is 0. The van der Waals surface area contributed by atoms with Crippen molar-refractivity contribution in [2.45, 2.75) is 63.0 Å². The van der Waals surface area contributed by atoms with Gasteiger partial charge < -0.3 is 14.9 Å². The minimum absolute atomic E-state index is 0.0315. The van der Waals surface area contributed by atoms with Gasteiger partial charge >= 0.3 is 0 Å². The first kappa shape index (κ1) is 23.2. The van der Waals surface area contributed by atoms with Crippen molar-refractivity contribution < 1.29 is 9.90 Å². The zero-order valence-electron chi connectivity index (χ0n) is 20.9. The van der Waals surface area contributed by atoms with E-state index in [-0.39, 0.29) is 29.9 Å². The molecule has 0 radical (unpaired) electrons. The lowest BCUT2D eigenvalue weighted by molar-refractivity contribution is 0.0788. The van der Waals surface area contributed by atoms with Crippen LogP contribution in [0.5, 0.6) is 0 Å². The Morgan fingerprint density at radius 3 is 2.53 bits per heavy atom. The summed E-state index contributed by atoms with van der Waals surface area (Å²) < 4.78 is 2.18. The maximum absolute atomic E-state index is 13.8. The number of rotatable bonds is 6. The van der Waals surface area contributed by atoms with Crippen LogP contribution >= 0.6 is 0 Å². The number of benzene rings is 1. The Balaban J connectivity index is 1.20. The van der Waals surface area contributed by atoms with Crippen molar-refractivity contribution in [3.05, 3.63) is 71.3 Å². The van der Waals surface area contributed by atoms with Crippen molar-refractivity contribution in [1.82, 2.24) is 24.6 Å². The van der Waals surface area contributed by atoms with E-state index in [9.17, 15) is 9.90 Å². The molecule has 3 aliphatic rings. The van der Waals surface area contributed by atoms with Crippen molar-refractivity contribution in [2.75, 3.05) is 31.1 Å².